The molecule has 0 radical (unpaired) electrons. The van der Waals surface area contributed by atoms with Crippen molar-refractivity contribution in [2.45, 2.75) is 19.4 Å². The molecule has 1 N–H and O–H groups in total. The largest absolute Gasteiger partial charge is 0.496 e. The van der Waals surface area contributed by atoms with Gasteiger partial charge in [-0.05, 0) is 62.2 Å². The van der Waals surface area contributed by atoms with Gasteiger partial charge >= 0.3 is 0 Å². The molecule has 2 aromatic rings. The molecule has 1 aromatic heterocycles. The van der Waals surface area contributed by atoms with E-state index in [0.717, 1.165) is 38.2 Å². The summed E-state index contributed by atoms with van der Waals surface area (Å²) < 4.78 is 10.6. The lowest BCUT2D eigenvalue weighted by Crippen LogP contribution is -2.38. The van der Waals surface area contributed by atoms with Gasteiger partial charge in [0.15, 0.2) is 0 Å². The van der Waals surface area contributed by atoms with Gasteiger partial charge < -0.3 is 14.5 Å². The molecule has 0 spiro atoms. The molecule has 0 bridgehead atoms. The van der Waals surface area contributed by atoms with E-state index in [4.69, 9.17) is 20.8 Å². The third-order valence-electron chi connectivity index (χ3n) is 4.62. The highest BCUT2D eigenvalue weighted by atomic mass is 35.5. The second-order valence-electron chi connectivity index (χ2n) is 6.35. The summed E-state index contributed by atoms with van der Waals surface area (Å²) in [5.74, 6) is 1.88. The normalized spacial score (nSPS) is 15.9. The zero-order valence-corrected chi connectivity index (χ0v) is 15.1. The molecular weight excluding hydrogens is 340 g/mol. The molecule has 0 aliphatic carbocycles. The van der Waals surface area contributed by atoms with Gasteiger partial charge in [0.25, 0.3) is 5.91 Å². The van der Waals surface area contributed by atoms with Crippen LogP contribution in [0.3, 0.4) is 0 Å². The summed E-state index contributed by atoms with van der Waals surface area (Å²) >= 11 is 5.99. The molecule has 0 unspecified atom stereocenters. The predicted molar refractivity (Wildman–Crippen MR) is 97.0 cm³/mol. The van der Waals surface area contributed by atoms with Crippen LogP contribution in [0.25, 0.3) is 0 Å². The van der Waals surface area contributed by atoms with Gasteiger partial charge in [0.1, 0.15) is 11.5 Å². The van der Waals surface area contributed by atoms with Gasteiger partial charge in [-0.2, -0.15) is 0 Å². The maximum absolute atomic E-state index is 12.4. The van der Waals surface area contributed by atoms with Crippen LogP contribution >= 0.6 is 11.6 Å². The minimum atomic E-state index is -0.141. The number of ether oxygens (including phenoxy) is 1. The Hall–Kier alpha value is -1.98. The van der Waals surface area contributed by atoms with Crippen LogP contribution in [-0.4, -0.2) is 37.6 Å². The van der Waals surface area contributed by atoms with Gasteiger partial charge in [-0.15, -0.1) is 0 Å². The average Bonchev–Trinajstić information content (AvgIpc) is 3.14. The number of methoxy groups -OCH3 is 1. The van der Waals surface area contributed by atoms with Crippen LogP contribution in [0, 0.1) is 5.92 Å². The van der Waals surface area contributed by atoms with E-state index in [9.17, 15) is 4.79 Å². The quantitative estimate of drug-likeness (QED) is 0.853. The van der Waals surface area contributed by atoms with Gasteiger partial charge in [0.05, 0.1) is 25.5 Å². The number of nitrogens with zero attached hydrogens (tertiary/aromatic N) is 1. The van der Waals surface area contributed by atoms with Crippen molar-refractivity contribution < 1.29 is 13.9 Å². The molecule has 3 rings (SSSR count). The lowest BCUT2D eigenvalue weighted by atomic mass is 9.96. The summed E-state index contributed by atoms with van der Waals surface area (Å²) in [5.41, 5.74) is 0.477. The van der Waals surface area contributed by atoms with E-state index < -0.39 is 0 Å². The van der Waals surface area contributed by atoms with Crippen molar-refractivity contribution in [3.8, 4) is 5.75 Å². The van der Waals surface area contributed by atoms with Gasteiger partial charge in [0.2, 0.25) is 0 Å². The summed E-state index contributed by atoms with van der Waals surface area (Å²) in [6, 6.07) is 8.99. The fourth-order valence-electron chi connectivity index (χ4n) is 3.16. The first kappa shape index (κ1) is 17.8. The zero-order chi connectivity index (χ0) is 17.6. The summed E-state index contributed by atoms with van der Waals surface area (Å²) in [7, 11) is 1.55. The Labute approximate surface area is 152 Å². The second-order valence-corrected chi connectivity index (χ2v) is 6.79. The summed E-state index contributed by atoms with van der Waals surface area (Å²) in [6.07, 6.45) is 3.84. The highest BCUT2D eigenvalue weighted by Crippen LogP contribution is 2.23. The van der Waals surface area contributed by atoms with E-state index in [1.165, 1.54) is 0 Å². The van der Waals surface area contributed by atoms with Gasteiger partial charge in [0, 0.05) is 11.6 Å². The van der Waals surface area contributed by atoms with E-state index in [1.54, 1.807) is 31.6 Å². The van der Waals surface area contributed by atoms with Gasteiger partial charge in [-0.1, -0.05) is 11.6 Å². The minimum absolute atomic E-state index is 0.141. The van der Waals surface area contributed by atoms with Gasteiger partial charge in [-0.3, -0.25) is 9.69 Å². The molecule has 1 aromatic carbocycles. The molecule has 1 aliphatic rings. The molecule has 1 aliphatic heterocycles. The lowest BCUT2D eigenvalue weighted by Gasteiger charge is -2.31. The van der Waals surface area contributed by atoms with E-state index >= 15 is 0 Å². The first-order chi connectivity index (χ1) is 12.2. The van der Waals surface area contributed by atoms with Crippen molar-refractivity contribution in [3.05, 3.63) is 52.9 Å². The Morgan fingerprint density at radius 2 is 2.16 bits per heavy atom. The highest BCUT2D eigenvalue weighted by molar-refractivity contribution is 6.31. The van der Waals surface area contributed by atoms with Crippen LogP contribution in [-0.2, 0) is 6.54 Å². The number of furan rings is 1. The fraction of sp³-hybridized carbons (Fsp3) is 0.421. The first-order valence-electron chi connectivity index (χ1n) is 8.52. The number of hydrogen-bond donors (Lipinski definition) is 1. The predicted octanol–water partition coefficient (Wildman–Crippen LogP) is 3.58. The number of piperidine rings is 1. The Kier molecular flexibility index (Phi) is 6.00. The molecular formula is C19H23ClN2O3. The second kappa shape index (κ2) is 8.41. The van der Waals surface area contributed by atoms with Crippen LogP contribution < -0.4 is 10.1 Å². The molecule has 0 atom stereocenters. The number of halogens is 1. The van der Waals surface area contributed by atoms with Crippen molar-refractivity contribution in [2.75, 3.05) is 26.7 Å². The summed E-state index contributed by atoms with van der Waals surface area (Å²) in [6.45, 7) is 3.55. The number of carbonyl (C=O) groups is 1. The van der Waals surface area contributed by atoms with Crippen LogP contribution in [0.1, 0.15) is 29.0 Å². The van der Waals surface area contributed by atoms with E-state index in [1.807, 2.05) is 12.1 Å². The molecule has 1 saturated heterocycles. The highest BCUT2D eigenvalue weighted by Gasteiger charge is 2.21. The van der Waals surface area contributed by atoms with E-state index in [2.05, 4.69) is 10.2 Å². The maximum atomic E-state index is 12.4. The van der Waals surface area contributed by atoms with Crippen molar-refractivity contribution in [1.29, 1.82) is 0 Å². The zero-order valence-electron chi connectivity index (χ0n) is 14.3. The Morgan fingerprint density at radius 3 is 2.84 bits per heavy atom. The van der Waals surface area contributed by atoms with Crippen LogP contribution in [0.2, 0.25) is 5.02 Å². The Balaban J connectivity index is 1.47. The molecule has 134 valence electrons. The molecule has 2 heterocycles. The standard InChI is InChI=1S/C19H23ClN2O3/c1-24-18-5-4-15(20)11-17(18)19(23)21-12-14-6-8-22(9-7-14)13-16-3-2-10-25-16/h2-5,10-11,14H,6-9,12-13H2,1H3,(H,21,23). The number of carbonyl (C=O) groups excluding carboxylic acids is 1. The molecule has 1 amide bonds. The van der Waals surface area contributed by atoms with Crippen molar-refractivity contribution in [1.82, 2.24) is 10.2 Å². The van der Waals surface area contributed by atoms with Crippen molar-refractivity contribution in [2.24, 2.45) is 5.92 Å². The lowest BCUT2D eigenvalue weighted by molar-refractivity contribution is 0.0931. The van der Waals surface area contributed by atoms with Gasteiger partial charge in [-0.25, -0.2) is 0 Å². The molecule has 0 saturated carbocycles. The number of hydrogen-bond acceptors (Lipinski definition) is 4. The third kappa shape index (κ3) is 4.77. The average molecular weight is 363 g/mol. The third-order valence-corrected chi connectivity index (χ3v) is 4.86. The topological polar surface area (TPSA) is 54.7 Å². The van der Waals surface area contributed by atoms with Crippen LogP contribution in [0.4, 0.5) is 0 Å². The fourth-order valence-corrected chi connectivity index (χ4v) is 3.33. The minimum Gasteiger partial charge on any atom is -0.496 e. The molecule has 1 fully saturated rings. The number of rotatable bonds is 6. The maximum Gasteiger partial charge on any atom is 0.255 e. The monoisotopic (exact) mass is 362 g/mol. The number of amides is 1. The SMILES string of the molecule is COc1ccc(Cl)cc1C(=O)NCC1CCN(Cc2ccco2)CC1. The Morgan fingerprint density at radius 1 is 1.36 bits per heavy atom. The summed E-state index contributed by atoms with van der Waals surface area (Å²) in [5, 5.41) is 3.54. The van der Waals surface area contributed by atoms with E-state index in [0.29, 0.717) is 28.8 Å². The van der Waals surface area contributed by atoms with Crippen molar-refractivity contribution in [3.63, 3.8) is 0 Å². The van der Waals surface area contributed by atoms with Crippen LogP contribution in [0.5, 0.6) is 5.75 Å². The smallest absolute Gasteiger partial charge is 0.255 e. The Bertz CT molecular complexity index is 695. The van der Waals surface area contributed by atoms with Crippen molar-refractivity contribution >= 4 is 17.5 Å². The molecule has 25 heavy (non-hydrogen) atoms. The number of benzene rings is 1. The first-order valence-corrected chi connectivity index (χ1v) is 8.90. The van der Waals surface area contributed by atoms with E-state index in [-0.39, 0.29) is 5.91 Å². The number of nitrogens with one attached hydrogen (secondary N) is 1. The summed E-state index contributed by atoms with van der Waals surface area (Å²) in [4.78, 5) is 14.8. The molecule has 6 heteroatoms. The van der Waals surface area contributed by atoms with Crippen LogP contribution in [0.15, 0.2) is 41.0 Å². The molecule has 5 nitrogen and oxygen atoms in total. The number of likely N-dealkylation sites (tertiary alicyclic amines) is 1.